The van der Waals surface area contributed by atoms with Crippen molar-refractivity contribution in [3.05, 3.63) is 29.6 Å². The van der Waals surface area contributed by atoms with Crippen molar-refractivity contribution in [3.8, 4) is 0 Å². The van der Waals surface area contributed by atoms with Gasteiger partial charge in [0.25, 0.3) is 0 Å². The molecule has 1 aromatic rings. The Balaban J connectivity index is 1.91. The van der Waals surface area contributed by atoms with E-state index in [4.69, 9.17) is 5.11 Å². The molecule has 2 heterocycles. The van der Waals surface area contributed by atoms with Crippen molar-refractivity contribution in [2.45, 2.75) is 13.3 Å². The van der Waals surface area contributed by atoms with Crippen LogP contribution in [0.3, 0.4) is 0 Å². The van der Waals surface area contributed by atoms with E-state index in [1.165, 1.54) is 0 Å². The van der Waals surface area contributed by atoms with E-state index in [9.17, 15) is 4.79 Å². The first-order chi connectivity index (χ1) is 7.70. The number of aryl methyl sites for hydroxylation is 1. The van der Waals surface area contributed by atoms with Gasteiger partial charge in [-0.05, 0) is 18.6 Å². The summed E-state index contributed by atoms with van der Waals surface area (Å²) in [6, 6.07) is 3.83. The van der Waals surface area contributed by atoms with Crippen molar-refractivity contribution < 1.29 is 9.90 Å². The fourth-order valence-corrected chi connectivity index (χ4v) is 1.85. The van der Waals surface area contributed by atoms with Crippen LogP contribution < -0.4 is 0 Å². The lowest BCUT2D eigenvalue weighted by Gasteiger charge is -2.38. The van der Waals surface area contributed by atoms with Gasteiger partial charge in [0, 0.05) is 31.8 Å². The summed E-state index contributed by atoms with van der Waals surface area (Å²) in [6.07, 6.45) is 2.08. The zero-order valence-corrected chi connectivity index (χ0v) is 9.39. The Morgan fingerprint density at radius 2 is 2.38 bits per heavy atom. The van der Waals surface area contributed by atoms with Gasteiger partial charge < -0.3 is 10.0 Å². The lowest BCUT2D eigenvalue weighted by molar-refractivity contribution is -0.137. The normalized spacial score (nSPS) is 16.0. The van der Waals surface area contributed by atoms with E-state index in [-0.39, 0.29) is 18.4 Å². The van der Waals surface area contributed by atoms with Crippen molar-refractivity contribution in [2.75, 3.05) is 19.7 Å². The highest BCUT2D eigenvalue weighted by molar-refractivity contribution is 5.79. The molecule has 0 unspecified atom stereocenters. The van der Waals surface area contributed by atoms with Crippen molar-refractivity contribution in [1.82, 2.24) is 9.88 Å². The Morgan fingerprint density at radius 1 is 1.62 bits per heavy atom. The summed E-state index contributed by atoms with van der Waals surface area (Å²) in [5.74, 6) is 0.375. The van der Waals surface area contributed by atoms with Gasteiger partial charge >= 0.3 is 0 Å². The number of amides is 1. The maximum absolute atomic E-state index is 11.8. The number of aliphatic hydroxyl groups excluding tert-OH is 1. The first-order valence-electron chi connectivity index (χ1n) is 5.50. The van der Waals surface area contributed by atoms with Crippen LogP contribution in [-0.4, -0.2) is 40.6 Å². The monoisotopic (exact) mass is 220 g/mol. The Bertz CT molecular complexity index is 386. The largest absolute Gasteiger partial charge is 0.396 e. The molecule has 1 aliphatic rings. The number of carbonyl (C=O) groups is 1. The molecule has 0 spiro atoms. The molecule has 4 heteroatoms. The molecule has 16 heavy (non-hydrogen) atoms. The molecular formula is C12H16N2O2. The Labute approximate surface area is 94.9 Å². The van der Waals surface area contributed by atoms with E-state index >= 15 is 0 Å². The minimum absolute atomic E-state index is 0.103. The quantitative estimate of drug-likeness (QED) is 0.801. The van der Waals surface area contributed by atoms with Gasteiger partial charge in [0.1, 0.15) is 0 Å². The van der Waals surface area contributed by atoms with Crippen molar-refractivity contribution in [1.29, 1.82) is 0 Å². The van der Waals surface area contributed by atoms with Gasteiger partial charge in [0.05, 0.1) is 12.1 Å². The maximum Gasteiger partial charge on any atom is 0.228 e. The number of aliphatic hydroxyl groups is 1. The number of nitrogens with zero attached hydrogens (tertiary/aromatic N) is 2. The van der Waals surface area contributed by atoms with E-state index in [0.717, 1.165) is 11.3 Å². The molecule has 0 atom stereocenters. The number of rotatable bonds is 3. The topological polar surface area (TPSA) is 53.4 Å². The van der Waals surface area contributed by atoms with E-state index in [1.807, 2.05) is 19.1 Å². The van der Waals surface area contributed by atoms with Gasteiger partial charge in [-0.15, -0.1) is 0 Å². The number of likely N-dealkylation sites (tertiary alicyclic amines) is 1. The number of carbonyl (C=O) groups excluding carboxylic acids is 1. The fourth-order valence-electron chi connectivity index (χ4n) is 1.85. The van der Waals surface area contributed by atoms with E-state index in [2.05, 4.69) is 4.98 Å². The third-order valence-electron chi connectivity index (χ3n) is 3.00. The minimum Gasteiger partial charge on any atom is -0.396 e. The Kier molecular flexibility index (Phi) is 3.19. The summed E-state index contributed by atoms with van der Waals surface area (Å²) < 4.78 is 0. The van der Waals surface area contributed by atoms with Gasteiger partial charge in [-0.25, -0.2) is 0 Å². The van der Waals surface area contributed by atoms with Crippen LogP contribution in [0.1, 0.15) is 11.3 Å². The molecule has 1 fully saturated rings. The standard InChI is InChI=1S/C12H16N2O2/c1-9-3-2-4-13-11(9)5-12(16)14-6-10(7-14)8-15/h2-4,10,15H,5-8H2,1H3. The number of hydrogen-bond donors (Lipinski definition) is 1. The average Bonchev–Trinajstić information content (AvgIpc) is 2.20. The van der Waals surface area contributed by atoms with Gasteiger partial charge in [-0.1, -0.05) is 6.07 Å². The summed E-state index contributed by atoms with van der Waals surface area (Å²) in [7, 11) is 0. The fraction of sp³-hybridized carbons (Fsp3) is 0.500. The summed E-state index contributed by atoms with van der Waals surface area (Å²) in [6.45, 7) is 3.50. The van der Waals surface area contributed by atoms with Gasteiger partial charge in [-0.2, -0.15) is 0 Å². The number of hydrogen-bond acceptors (Lipinski definition) is 3. The average molecular weight is 220 g/mol. The second-order valence-corrected chi connectivity index (χ2v) is 4.29. The predicted octanol–water partition coefficient (Wildman–Crippen LogP) is 0.383. The molecule has 0 aliphatic carbocycles. The first-order valence-corrected chi connectivity index (χ1v) is 5.50. The molecule has 0 bridgehead atoms. The van der Waals surface area contributed by atoms with Crippen LogP contribution in [0.25, 0.3) is 0 Å². The van der Waals surface area contributed by atoms with Crippen molar-refractivity contribution >= 4 is 5.91 Å². The lowest BCUT2D eigenvalue weighted by Crippen LogP contribution is -2.51. The van der Waals surface area contributed by atoms with Crippen LogP contribution in [0.5, 0.6) is 0 Å². The second-order valence-electron chi connectivity index (χ2n) is 4.29. The summed E-state index contributed by atoms with van der Waals surface area (Å²) in [5.41, 5.74) is 1.90. The summed E-state index contributed by atoms with van der Waals surface area (Å²) >= 11 is 0. The van der Waals surface area contributed by atoms with Crippen LogP contribution in [0.4, 0.5) is 0 Å². The molecule has 1 saturated heterocycles. The van der Waals surface area contributed by atoms with Gasteiger partial charge in [0.2, 0.25) is 5.91 Å². The smallest absolute Gasteiger partial charge is 0.228 e. The highest BCUT2D eigenvalue weighted by Crippen LogP contribution is 2.16. The highest BCUT2D eigenvalue weighted by Gasteiger charge is 2.29. The highest BCUT2D eigenvalue weighted by atomic mass is 16.3. The molecule has 1 aliphatic heterocycles. The zero-order chi connectivity index (χ0) is 11.5. The van der Waals surface area contributed by atoms with Crippen LogP contribution in [0, 0.1) is 12.8 Å². The first kappa shape index (κ1) is 11.1. The molecule has 0 radical (unpaired) electrons. The van der Waals surface area contributed by atoms with Crippen molar-refractivity contribution in [2.24, 2.45) is 5.92 Å². The number of pyridine rings is 1. The Hall–Kier alpha value is -1.42. The van der Waals surface area contributed by atoms with Gasteiger partial charge in [0.15, 0.2) is 0 Å². The van der Waals surface area contributed by atoms with E-state index < -0.39 is 0 Å². The Morgan fingerprint density at radius 3 is 3.00 bits per heavy atom. The van der Waals surface area contributed by atoms with Crippen LogP contribution in [0.15, 0.2) is 18.3 Å². The van der Waals surface area contributed by atoms with E-state index in [0.29, 0.717) is 19.5 Å². The molecule has 1 aromatic heterocycles. The van der Waals surface area contributed by atoms with Crippen LogP contribution in [-0.2, 0) is 11.2 Å². The van der Waals surface area contributed by atoms with E-state index in [1.54, 1.807) is 11.1 Å². The molecule has 0 aromatic carbocycles. The maximum atomic E-state index is 11.8. The minimum atomic E-state index is 0.103. The summed E-state index contributed by atoms with van der Waals surface area (Å²) in [4.78, 5) is 17.8. The lowest BCUT2D eigenvalue weighted by atomic mass is 10.0. The predicted molar refractivity (Wildman–Crippen MR) is 59.8 cm³/mol. The molecule has 4 nitrogen and oxygen atoms in total. The SMILES string of the molecule is Cc1cccnc1CC(=O)N1CC(CO)C1. The van der Waals surface area contributed by atoms with Crippen LogP contribution in [0.2, 0.25) is 0 Å². The third-order valence-corrected chi connectivity index (χ3v) is 3.00. The molecular weight excluding hydrogens is 204 g/mol. The summed E-state index contributed by atoms with van der Waals surface area (Å²) in [5, 5.41) is 8.87. The zero-order valence-electron chi connectivity index (χ0n) is 9.39. The molecule has 0 saturated carbocycles. The second kappa shape index (κ2) is 4.61. The molecule has 2 rings (SSSR count). The van der Waals surface area contributed by atoms with Gasteiger partial charge in [-0.3, -0.25) is 9.78 Å². The third kappa shape index (κ3) is 2.22. The number of aromatic nitrogens is 1. The molecule has 1 amide bonds. The van der Waals surface area contributed by atoms with Crippen molar-refractivity contribution in [3.63, 3.8) is 0 Å². The van der Waals surface area contributed by atoms with Crippen LogP contribution >= 0.6 is 0 Å². The molecule has 86 valence electrons. The molecule has 1 N–H and O–H groups in total.